The molecule has 0 aromatic heterocycles. The molecule has 0 amide bonds. The molecule has 1 heterocycles. The smallest absolute Gasteiger partial charge is 0.401 e. The highest BCUT2D eigenvalue weighted by molar-refractivity contribution is 6.62. The summed E-state index contributed by atoms with van der Waals surface area (Å²) in [5.74, 6) is 0.910. The van der Waals surface area contributed by atoms with E-state index in [0.29, 0.717) is 11.8 Å². The van der Waals surface area contributed by atoms with Gasteiger partial charge in [0, 0.05) is 0 Å². The summed E-state index contributed by atoms with van der Waals surface area (Å²) in [6.07, 6.45) is -2.58. The zero-order chi connectivity index (χ0) is 16.6. The molecule has 0 N–H and O–H groups in total. The second-order valence-electron chi connectivity index (χ2n) is 7.89. The van der Waals surface area contributed by atoms with Crippen LogP contribution in [0.5, 0.6) is 0 Å². The Morgan fingerprint density at radius 3 is 2.48 bits per heavy atom. The van der Waals surface area contributed by atoms with E-state index in [0.717, 1.165) is 18.9 Å². The van der Waals surface area contributed by atoms with Gasteiger partial charge in [-0.1, -0.05) is 38.1 Å². The van der Waals surface area contributed by atoms with Gasteiger partial charge in [-0.3, -0.25) is 0 Å². The summed E-state index contributed by atoms with van der Waals surface area (Å²) in [5, 5.41) is 0. The second kappa shape index (κ2) is 4.54. The molecule has 5 rings (SSSR count). The molecular weight excluding hydrogens is 304 g/mol. The molecule has 2 nitrogen and oxygen atoms in total. The molecular formula is C17H20BF3O2. The first-order valence-electron chi connectivity index (χ1n) is 8.13. The van der Waals surface area contributed by atoms with Crippen molar-refractivity contribution in [2.24, 2.45) is 17.3 Å². The zero-order valence-electron chi connectivity index (χ0n) is 13.5. The van der Waals surface area contributed by atoms with Crippen LogP contribution in [0.15, 0.2) is 24.3 Å². The monoisotopic (exact) mass is 324 g/mol. The summed E-state index contributed by atoms with van der Waals surface area (Å²) in [5.41, 5.74) is -0.904. The highest BCUT2D eigenvalue weighted by atomic mass is 19.4. The number of halogens is 3. The average molecular weight is 324 g/mol. The van der Waals surface area contributed by atoms with Gasteiger partial charge in [0.2, 0.25) is 0 Å². The van der Waals surface area contributed by atoms with Crippen LogP contribution in [0.4, 0.5) is 13.2 Å². The molecule has 3 aliphatic carbocycles. The van der Waals surface area contributed by atoms with E-state index in [-0.39, 0.29) is 17.0 Å². The molecule has 4 aliphatic rings. The first kappa shape index (κ1) is 15.5. The molecule has 3 saturated carbocycles. The van der Waals surface area contributed by atoms with Crippen LogP contribution in [0, 0.1) is 17.3 Å². The maximum atomic E-state index is 13.3. The lowest BCUT2D eigenvalue weighted by atomic mass is 9.43. The number of hydrogen-bond donors (Lipinski definition) is 0. The van der Waals surface area contributed by atoms with Crippen molar-refractivity contribution in [3.05, 3.63) is 29.8 Å². The molecule has 23 heavy (non-hydrogen) atoms. The van der Waals surface area contributed by atoms with Gasteiger partial charge in [0.05, 0.1) is 17.3 Å². The standard InChI is InChI=1S/C17H20BF3O2/c1-15(2)10-8-13(15)16(3)14(9-10)22-18(23-16)12-7-5-4-6-11(12)17(19,20)21/h4-7,10,13-14H,8-9H2,1-3H3/t10-,13-,14+,16-/m1/s1. The van der Waals surface area contributed by atoms with Crippen LogP contribution in [-0.2, 0) is 15.5 Å². The van der Waals surface area contributed by atoms with Gasteiger partial charge in [0.1, 0.15) is 0 Å². The molecule has 1 saturated heterocycles. The maximum absolute atomic E-state index is 13.3. The van der Waals surface area contributed by atoms with Gasteiger partial charge < -0.3 is 9.31 Å². The van der Waals surface area contributed by atoms with Gasteiger partial charge in [-0.2, -0.15) is 13.2 Å². The van der Waals surface area contributed by atoms with E-state index in [1.807, 2.05) is 6.92 Å². The van der Waals surface area contributed by atoms with Crippen molar-refractivity contribution in [2.45, 2.75) is 51.5 Å². The molecule has 1 aromatic rings. The van der Waals surface area contributed by atoms with Crippen molar-refractivity contribution in [1.82, 2.24) is 0 Å². The molecule has 4 fully saturated rings. The molecule has 4 atom stereocenters. The van der Waals surface area contributed by atoms with Crippen LogP contribution in [0.3, 0.4) is 0 Å². The summed E-state index contributed by atoms with van der Waals surface area (Å²) >= 11 is 0. The van der Waals surface area contributed by atoms with E-state index in [1.54, 1.807) is 6.07 Å². The third kappa shape index (κ3) is 2.04. The number of hydrogen-bond acceptors (Lipinski definition) is 2. The quantitative estimate of drug-likeness (QED) is 0.735. The average Bonchev–Trinajstić information content (AvgIpc) is 2.83. The molecule has 6 heteroatoms. The van der Waals surface area contributed by atoms with Crippen molar-refractivity contribution in [2.75, 3.05) is 0 Å². The van der Waals surface area contributed by atoms with Crippen LogP contribution in [0.25, 0.3) is 0 Å². The lowest BCUT2D eigenvalue weighted by molar-refractivity contribution is -0.199. The highest BCUT2D eigenvalue weighted by Gasteiger charge is 2.68. The van der Waals surface area contributed by atoms with Gasteiger partial charge in [-0.05, 0) is 42.5 Å². The van der Waals surface area contributed by atoms with Crippen molar-refractivity contribution in [3.63, 3.8) is 0 Å². The predicted molar refractivity (Wildman–Crippen MR) is 81.2 cm³/mol. The van der Waals surface area contributed by atoms with E-state index in [9.17, 15) is 13.2 Å². The van der Waals surface area contributed by atoms with Gasteiger partial charge in [0.15, 0.2) is 0 Å². The molecule has 0 radical (unpaired) electrons. The molecule has 0 spiro atoms. The maximum Gasteiger partial charge on any atom is 0.495 e. The fraction of sp³-hybridized carbons (Fsp3) is 0.647. The fourth-order valence-corrected chi connectivity index (χ4v) is 4.96. The van der Waals surface area contributed by atoms with Crippen molar-refractivity contribution < 1.29 is 22.5 Å². The lowest BCUT2D eigenvalue weighted by Crippen LogP contribution is -2.65. The fourth-order valence-electron chi connectivity index (χ4n) is 4.96. The predicted octanol–water partition coefficient (Wildman–Crippen LogP) is 3.64. The summed E-state index contributed by atoms with van der Waals surface area (Å²) in [6, 6.07) is 5.56. The minimum absolute atomic E-state index is 0.0885. The Bertz CT molecular complexity index is 645. The number of benzene rings is 1. The lowest BCUT2D eigenvalue weighted by Gasteiger charge is -2.64. The summed E-state index contributed by atoms with van der Waals surface area (Å²) in [6.45, 7) is 6.47. The second-order valence-corrected chi connectivity index (χ2v) is 7.89. The van der Waals surface area contributed by atoms with Crippen molar-refractivity contribution >= 4 is 12.6 Å². The topological polar surface area (TPSA) is 18.5 Å². The SMILES string of the molecule is CC1(C)[C@H]2C[C@@H]3OB(c4ccccc4C(F)(F)F)O[C@]3(C)[C@@H]1C2. The summed E-state index contributed by atoms with van der Waals surface area (Å²) < 4.78 is 51.9. The normalized spacial score (nSPS) is 38.2. The van der Waals surface area contributed by atoms with E-state index < -0.39 is 24.5 Å². The molecule has 124 valence electrons. The van der Waals surface area contributed by atoms with Crippen LogP contribution >= 0.6 is 0 Å². The third-order valence-electron chi connectivity index (χ3n) is 6.47. The zero-order valence-corrected chi connectivity index (χ0v) is 13.5. The Morgan fingerprint density at radius 1 is 1.13 bits per heavy atom. The molecule has 1 aliphatic heterocycles. The van der Waals surface area contributed by atoms with E-state index in [2.05, 4.69) is 13.8 Å². The number of alkyl halides is 3. The number of rotatable bonds is 1. The third-order valence-corrected chi connectivity index (χ3v) is 6.47. The highest BCUT2D eigenvalue weighted by Crippen LogP contribution is 2.65. The van der Waals surface area contributed by atoms with Crippen LogP contribution in [0.2, 0.25) is 0 Å². The Morgan fingerprint density at radius 2 is 1.83 bits per heavy atom. The Labute approximate surface area is 134 Å². The van der Waals surface area contributed by atoms with Gasteiger partial charge >= 0.3 is 13.3 Å². The Kier molecular flexibility index (Phi) is 3.06. The first-order valence-corrected chi connectivity index (χ1v) is 8.13. The Hall–Kier alpha value is -1.01. The largest absolute Gasteiger partial charge is 0.495 e. The van der Waals surface area contributed by atoms with Crippen molar-refractivity contribution in [3.8, 4) is 0 Å². The van der Waals surface area contributed by atoms with E-state index in [1.165, 1.54) is 12.1 Å². The van der Waals surface area contributed by atoms with Gasteiger partial charge in [0.25, 0.3) is 0 Å². The minimum Gasteiger partial charge on any atom is -0.401 e. The summed E-state index contributed by atoms with van der Waals surface area (Å²) in [7, 11) is -0.932. The molecule has 1 aromatic carbocycles. The first-order chi connectivity index (χ1) is 10.6. The van der Waals surface area contributed by atoms with Crippen LogP contribution < -0.4 is 5.46 Å². The van der Waals surface area contributed by atoms with Crippen LogP contribution in [-0.4, -0.2) is 18.8 Å². The summed E-state index contributed by atoms with van der Waals surface area (Å²) in [4.78, 5) is 0. The van der Waals surface area contributed by atoms with E-state index in [4.69, 9.17) is 9.31 Å². The van der Waals surface area contributed by atoms with Crippen LogP contribution in [0.1, 0.15) is 39.2 Å². The van der Waals surface area contributed by atoms with Crippen molar-refractivity contribution in [1.29, 1.82) is 0 Å². The minimum atomic E-state index is -4.40. The molecule has 0 unspecified atom stereocenters. The molecule has 2 bridgehead atoms. The van der Waals surface area contributed by atoms with Gasteiger partial charge in [-0.15, -0.1) is 0 Å². The van der Waals surface area contributed by atoms with Gasteiger partial charge in [-0.25, -0.2) is 0 Å². The Balaban J connectivity index is 1.68. The van der Waals surface area contributed by atoms with E-state index >= 15 is 0 Å².